The summed E-state index contributed by atoms with van der Waals surface area (Å²) >= 11 is 0. The average molecular weight is 211 g/mol. The molecule has 2 saturated carbocycles. The third kappa shape index (κ3) is 1.62. The minimum atomic E-state index is -0.360. The molecule has 2 fully saturated rings. The number of fused-ring (bicyclic) bond motifs is 1. The highest BCUT2D eigenvalue weighted by Crippen LogP contribution is 2.65. The SMILES string of the molecule is CC(C)OC(=O)C1CC2CC2(C(N)=O)C1. The van der Waals surface area contributed by atoms with Crippen molar-refractivity contribution in [2.75, 3.05) is 0 Å². The van der Waals surface area contributed by atoms with Gasteiger partial charge in [-0.3, -0.25) is 9.59 Å². The number of primary amides is 1. The number of ether oxygens (including phenoxy) is 1. The van der Waals surface area contributed by atoms with Gasteiger partial charge in [0.25, 0.3) is 0 Å². The maximum absolute atomic E-state index is 11.6. The van der Waals surface area contributed by atoms with Gasteiger partial charge in [0.2, 0.25) is 5.91 Å². The van der Waals surface area contributed by atoms with Crippen molar-refractivity contribution >= 4 is 11.9 Å². The Balaban J connectivity index is 1.95. The standard InChI is InChI=1S/C11H17NO3/c1-6(2)15-9(13)7-3-8-5-11(8,4-7)10(12)14/h6-8H,3-5H2,1-2H3,(H2,12,14). The zero-order valence-electron chi connectivity index (χ0n) is 9.16. The lowest BCUT2D eigenvalue weighted by atomic mass is 9.97. The van der Waals surface area contributed by atoms with Gasteiger partial charge in [0, 0.05) is 0 Å². The first-order valence-electron chi connectivity index (χ1n) is 5.46. The molecule has 0 aromatic rings. The normalized spacial score (nSPS) is 37.5. The molecule has 0 saturated heterocycles. The van der Waals surface area contributed by atoms with Crippen LogP contribution in [0.15, 0.2) is 0 Å². The van der Waals surface area contributed by atoms with Crippen LogP contribution in [0.5, 0.6) is 0 Å². The molecule has 15 heavy (non-hydrogen) atoms. The molecule has 2 aliphatic rings. The van der Waals surface area contributed by atoms with Crippen LogP contribution < -0.4 is 5.73 Å². The molecule has 84 valence electrons. The molecule has 2 N–H and O–H groups in total. The zero-order chi connectivity index (χ0) is 11.2. The summed E-state index contributed by atoms with van der Waals surface area (Å²) in [5.74, 6) is -0.191. The van der Waals surface area contributed by atoms with Gasteiger partial charge in [-0.25, -0.2) is 0 Å². The van der Waals surface area contributed by atoms with Crippen molar-refractivity contribution in [1.82, 2.24) is 0 Å². The summed E-state index contributed by atoms with van der Waals surface area (Å²) in [4.78, 5) is 22.8. The first kappa shape index (κ1) is 10.5. The predicted octanol–water partition coefficient (Wildman–Crippen LogP) is 0.840. The summed E-state index contributed by atoms with van der Waals surface area (Å²) in [6.45, 7) is 3.66. The molecule has 2 aliphatic carbocycles. The Labute approximate surface area is 89.2 Å². The molecule has 0 bridgehead atoms. The third-order valence-electron chi connectivity index (χ3n) is 3.59. The van der Waals surface area contributed by atoms with Crippen LogP contribution in [0.2, 0.25) is 0 Å². The lowest BCUT2D eigenvalue weighted by Crippen LogP contribution is -2.27. The minimum Gasteiger partial charge on any atom is -0.463 e. The fourth-order valence-electron chi connectivity index (χ4n) is 2.72. The smallest absolute Gasteiger partial charge is 0.309 e. The number of rotatable bonds is 3. The van der Waals surface area contributed by atoms with Crippen LogP contribution in [0.3, 0.4) is 0 Å². The first-order chi connectivity index (χ1) is 6.95. The summed E-state index contributed by atoms with van der Waals surface area (Å²) in [6.07, 6.45) is 2.15. The van der Waals surface area contributed by atoms with Gasteiger partial charge in [-0.05, 0) is 39.0 Å². The predicted molar refractivity (Wildman–Crippen MR) is 53.7 cm³/mol. The van der Waals surface area contributed by atoms with Crippen LogP contribution >= 0.6 is 0 Å². The molecule has 1 amide bonds. The summed E-state index contributed by atoms with van der Waals surface area (Å²) in [7, 11) is 0. The second-order valence-corrected chi connectivity index (χ2v) is 5.04. The van der Waals surface area contributed by atoms with E-state index in [-0.39, 0.29) is 29.3 Å². The van der Waals surface area contributed by atoms with Gasteiger partial charge in [0.15, 0.2) is 0 Å². The maximum atomic E-state index is 11.6. The monoisotopic (exact) mass is 211 g/mol. The molecule has 0 spiro atoms. The van der Waals surface area contributed by atoms with Crippen molar-refractivity contribution in [2.24, 2.45) is 23.0 Å². The van der Waals surface area contributed by atoms with Crippen LogP contribution in [-0.4, -0.2) is 18.0 Å². The van der Waals surface area contributed by atoms with Crippen molar-refractivity contribution in [3.8, 4) is 0 Å². The Kier molecular flexibility index (Phi) is 2.24. The summed E-state index contributed by atoms with van der Waals surface area (Å²) < 4.78 is 5.14. The molecular weight excluding hydrogens is 194 g/mol. The molecule has 0 heterocycles. The fraction of sp³-hybridized carbons (Fsp3) is 0.818. The van der Waals surface area contributed by atoms with Crippen molar-refractivity contribution in [2.45, 2.75) is 39.2 Å². The molecule has 3 atom stereocenters. The van der Waals surface area contributed by atoms with E-state index in [1.807, 2.05) is 13.8 Å². The molecule has 4 heteroatoms. The van der Waals surface area contributed by atoms with Crippen molar-refractivity contribution in [3.05, 3.63) is 0 Å². The summed E-state index contributed by atoms with van der Waals surface area (Å²) in [5, 5.41) is 0. The molecule has 3 unspecified atom stereocenters. The number of amides is 1. The summed E-state index contributed by atoms with van der Waals surface area (Å²) in [6, 6.07) is 0. The van der Waals surface area contributed by atoms with Crippen LogP contribution in [0, 0.1) is 17.3 Å². The van der Waals surface area contributed by atoms with Gasteiger partial charge in [0.1, 0.15) is 0 Å². The maximum Gasteiger partial charge on any atom is 0.309 e. The Morgan fingerprint density at radius 3 is 2.53 bits per heavy atom. The summed E-state index contributed by atoms with van der Waals surface area (Å²) in [5.41, 5.74) is 4.99. The van der Waals surface area contributed by atoms with Gasteiger partial charge in [-0.1, -0.05) is 0 Å². The van der Waals surface area contributed by atoms with E-state index < -0.39 is 0 Å². The van der Waals surface area contributed by atoms with Crippen LogP contribution in [0.4, 0.5) is 0 Å². The Morgan fingerprint density at radius 2 is 2.07 bits per heavy atom. The van der Waals surface area contributed by atoms with E-state index in [1.54, 1.807) is 0 Å². The minimum absolute atomic E-state index is 0.0843. The van der Waals surface area contributed by atoms with Crippen molar-refractivity contribution < 1.29 is 14.3 Å². The zero-order valence-corrected chi connectivity index (χ0v) is 9.16. The number of carbonyl (C=O) groups excluding carboxylic acids is 2. The van der Waals surface area contributed by atoms with Gasteiger partial charge in [0.05, 0.1) is 17.4 Å². The Hall–Kier alpha value is -1.06. The molecule has 0 radical (unpaired) electrons. The molecule has 0 aromatic carbocycles. The highest BCUT2D eigenvalue weighted by atomic mass is 16.5. The molecule has 2 rings (SSSR count). The molecule has 4 nitrogen and oxygen atoms in total. The topological polar surface area (TPSA) is 69.4 Å². The molecular formula is C11H17NO3. The van der Waals surface area contributed by atoms with Crippen LogP contribution in [-0.2, 0) is 14.3 Å². The second-order valence-electron chi connectivity index (χ2n) is 5.04. The van der Waals surface area contributed by atoms with E-state index in [2.05, 4.69) is 0 Å². The second kappa shape index (κ2) is 3.22. The number of hydrogen-bond acceptors (Lipinski definition) is 3. The largest absolute Gasteiger partial charge is 0.463 e. The van der Waals surface area contributed by atoms with Crippen LogP contribution in [0.25, 0.3) is 0 Å². The number of nitrogens with two attached hydrogens (primary N) is 1. The Morgan fingerprint density at radius 1 is 1.40 bits per heavy atom. The molecule has 0 aromatic heterocycles. The van der Waals surface area contributed by atoms with Gasteiger partial charge in [-0.2, -0.15) is 0 Å². The fourth-order valence-corrected chi connectivity index (χ4v) is 2.72. The average Bonchev–Trinajstić information content (AvgIpc) is 2.69. The van der Waals surface area contributed by atoms with E-state index in [1.165, 1.54) is 0 Å². The van der Waals surface area contributed by atoms with E-state index in [0.29, 0.717) is 12.3 Å². The van der Waals surface area contributed by atoms with Crippen molar-refractivity contribution in [3.63, 3.8) is 0 Å². The lowest BCUT2D eigenvalue weighted by Gasteiger charge is -2.15. The molecule has 0 aliphatic heterocycles. The van der Waals surface area contributed by atoms with Gasteiger partial charge < -0.3 is 10.5 Å². The lowest BCUT2D eigenvalue weighted by molar-refractivity contribution is -0.152. The quantitative estimate of drug-likeness (QED) is 0.703. The highest BCUT2D eigenvalue weighted by Gasteiger charge is 2.65. The highest BCUT2D eigenvalue weighted by molar-refractivity contribution is 5.87. The van der Waals surface area contributed by atoms with Crippen LogP contribution in [0.1, 0.15) is 33.1 Å². The number of hydrogen-bond donors (Lipinski definition) is 1. The van der Waals surface area contributed by atoms with E-state index in [9.17, 15) is 9.59 Å². The number of esters is 1. The van der Waals surface area contributed by atoms with E-state index in [0.717, 1.165) is 12.8 Å². The first-order valence-corrected chi connectivity index (χ1v) is 5.46. The van der Waals surface area contributed by atoms with Gasteiger partial charge in [-0.15, -0.1) is 0 Å². The third-order valence-corrected chi connectivity index (χ3v) is 3.59. The van der Waals surface area contributed by atoms with Gasteiger partial charge >= 0.3 is 5.97 Å². The van der Waals surface area contributed by atoms with Crippen molar-refractivity contribution in [1.29, 1.82) is 0 Å². The van der Waals surface area contributed by atoms with E-state index >= 15 is 0 Å². The van der Waals surface area contributed by atoms with E-state index in [4.69, 9.17) is 10.5 Å². The Bertz CT molecular complexity index is 313. The number of carbonyl (C=O) groups is 2.